The molecule has 0 fully saturated rings. The minimum Gasteiger partial charge on any atom is -0.478 e. The van der Waals surface area contributed by atoms with Crippen LogP contribution in [0.15, 0.2) is 16.7 Å². The van der Waals surface area contributed by atoms with E-state index in [-0.39, 0.29) is 22.8 Å². The standard InChI is InChI=1S/C21H21FN2O3/c1-9-7-10(2)18(22)15(8-9)20-23-19(24-27-20)16-12(4)11(3)13(5)17(14(16)6)21(25)26/h7-8H,1-6H3,(H,25,26). The average Bonchev–Trinajstić information content (AvgIpc) is 3.05. The number of aromatic nitrogens is 2. The van der Waals surface area contributed by atoms with Gasteiger partial charge in [0.15, 0.2) is 0 Å². The van der Waals surface area contributed by atoms with Crippen molar-refractivity contribution in [3.05, 3.63) is 56.9 Å². The van der Waals surface area contributed by atoms with Gasteiger partial charge in [0.05, 0.1) is 11.1 Å². The lowest BCUT2D eigenvalue weighted by molar-refractivity contribution is 0.0695. The minimum absolute atomic E-state index is 0.0724. The number of carboxylic acid groups (broad SMARTS) is 1. The van der Waals surface area contributed by atoms with Crippen molar-refractivity contribution in [2.45, 2.75) is 41.5 Å². The number of hydrogen-bond acceptors (Lipinski definition) is 4. The summed E-state index contributed by atoms with van der Waals surface area (Å²) in [4.78, 5) is 16.1. The summed E-state index contributed by atoms with van der Waals surface area (Å²) >= 11 is 0. The molecule has 140 valence electrons. The van der Waals surface area contributed by atoms with Gasteiger partial charge in [-0.25, -0.2) is 9.18 Å². The van der Waals surface area contributed by atoms with E-state index in [1.807, 2.05) is 20.8 Å². The molecule has 6 heteroatoms. The number of carbonyl (C=O) groups is 1. The highest BCUT2D eigenvalue weighted by Gasteiger charge is 2.24. The molecule has 0 saturated carbocycles. The highest BCUT2D eigenvalue weighted by atomic mass is 19.1. The monoisotopic (exact) mass is 368 g/mol. The summed E-state index contributed by atoms with van der Waals surface area (Å²) in [5.41, 5.74) is 5.48. The van der Waals surface area contributed by atoms with E-state index in [1.54, 1.807) is 32.9 Å². The van der Waals surface area contributed by atoms with Crippen molar-refractivity contribution in [2.75, 3.05) is 0 Å². The largest absolute Gasteiger partial charge is 0.478 e. The SMILES string of the molecule is Cc1cc(C)c(F)c(-c2nc(-c3c(C)c(C)c(C)c(C(=O)O)c3C)no2)c1. The molecule has 3 aromatic rings. The third kappa shape index (κ3) is 3.01. The Hall–Kier alpha value is -3.02. The van der Waals surface area contributed by atoms with Crippen molar-refractivity contribution in [1.29, 1.82) is 0 Å². The van der Waals surface area contributed by atoms with Crippen LogP contribution in [0.1, 0.15) is 43.7 Å². The first-order chi connectivity index (χ1) is 12.6. The van der Waals surface area contributed by atoms with Crippen molar-refractivity contribution in [1.82, 2.24) is 10.1 Å². The number of halogens is 1. The Kier molecular flexibility index (Phi) is 4.59. The topological polar surface area (TPSA) is 76.2 Å². The number of carboxylic acids is 1. The molecule has 1 heterocycles. The maximum atomic E-state index is 14.5. The molecule has 0 aliphatic heterocycles. The zero-order valence-corrected chi connectivity index (χ0v) is 16.2. The van der Waals surface area contributed by atoms with Gasteiger partial charge in [-0.15, -0.1) is 0 Å². The van der Waals surface area contributed by atoms with Crippen LogP contribution in [0.2, 0.25) is 0 Å². The van der Waals surface area contributed by atoms with Crippen LogP contribution in [0.4, 0.5) is 4.39 Å². The fourth-order valence-electron chi connectivity index (χ4n) is 3.54. The maximum Gasteiger partial charge on any atom is 0.336 e. The first-order valence-electron chi connectivity index (χ1n) is 8.58. The zero-order valence-electron chi connectivity index (χ0n) is 16.2. The van der Waals surface area contributed by atoms with E-state index < -0.39 is 11.8 Å². The molecule has 0 atom stereocenters. The lowest BCUT2D eigenvalue weighted by Gasteiger charge is -2.16. The molecule has 0 unspecified atom stereocenters. The first kappa shape index (κ1) is 18.8. The van der Waals surface area contributed by atoms with E-state index in [0.29, 0.717) is 22.3 Å². The van der Waals surface area contributed by atoms with Gasteiger partial charge in [0.25, 0.3) is 5.89 Å². The van der Waals surface area contributed by atoms with Gasteiger partial charge in [0.1, 0.15) is 5.82 Å². The van der Waals surface area contributed by atoms with E-state index in [4.69, 9.17) is 4.52 Å². The molecule has 0 aliphatic carbocycles. The van der Waals surface area contributed by atoms with Crippen LogP contribution >= 0.6 is 0 Å². The van der Waals surface area contributed by atoms with Crippen molar-refractivity contribution in [3.8, 4) is 22.8 Å². The van der Waals surface area contributed by atoms with Crippen molar-refractivity contribution in [3.63, 3.8) is 0 Å². The molecular formula is C21H21FN2O3. The number of aryl methyl sites for hydroxylation is 2. The summed E-state index contributed by atoms with van der Waals surface area (Å²) in [6.45, 7) is 10.8. The van der Waals surface area contributed by atoms with Gasteiger partial charge in [-0.1, -0.05) is 11.2 Å². The van der Waals surface area contributed by atoms with Gasteiger partial charge in [-0.2, -0.15) is 4.98 Å². The van der Waals surface area contributed by atoms with E-state index >= 15 is 0 Å². The van der Waals surface area contributed by atoms with Gasteiger partial charge in [0.2, 0.25) is 5.82 Å². The molecule has 0 bridgehead atoms. The van der Waals surface area contributed by atoms with Gasteiger partial charge in [-0.05, 0) is 81.0 Å². The number of hydrogen-bond donors (Lipinski definition) is 1. The highest BCUT2D eigenvalue weighted by Crippen LogP contribution is 2.34. The summed E-state index contributed by atoms with van der Waals surface area (Å²) in [6, 6.07) is 3.40. The summed E-state index contributed by atoms with van der Waals surface area (Å²) < 4.78 is 19.8. The summed E-state index contributed by atoms with van der Waals surface area (Å²) in [5, 5.41) is 13.6. The van der Waals surface area contributed by atoms with E-state index in [1.165, 1.54) is 0 Å². The number of rotatable bonds is 3. The molecule has 2 aromatic carbocycles. The Labute approximate surface area is 156 Å². The quantitative estimate of drug-likeness (QED) is 0.697. The van der Waals surface area contributed by atoms with Crippen LogP contribution in [0, 0.1) is 47.4 Å². The second-order valence-electron chi connectivity index (χ2n) is 6.92. The third-order valence-electron chi connectivity index (χ3n) is 5.12. The molecule has 0 radical (unpaired) electrons. The number of benzene rings is 2. The molecule has 1 N–H and O–H groups in total. The predicted octanol–water partition coefficient (Wildman–Crippen LogP) is 5.09. The fraction of sp³-hybridized carbons (Fsp3) is 0.286. The molecule has 0 aliphatic rings. The number of aromatic carboxylic acids is 1. The summed E-state index contributed by atoms with van der Waals surface area (Å²) in [6.07, 6.45) is 0. The molecular weight excluding hydrogens is 347 g/mol. The third-order valence-corrected chi connectivity index (χ3v) is 5.12. The molecule has 0 spiro atoms. The van der Waals surface area contributed by atoms with Gasteiger partial charge in [0, 0.05) is 5.56 Å². The summed E-state index contributed by atoms with van der Waals surface area (Å²) in [7, 11) is 0. The van der Waals surface area contributed by atoms with Crippen LogP contribution in [0.3, 0.4) is 0 Å². The van der Waals surface area contributed by atoms with Crippen LogP contribution in [-0.4, -0.2) is 21.2 Å². The van der Waals surface area contributed by atoms with Crippen LogP contribution in [0.25, 0.3) is 22.8 Å². The van der Waals surface area contributed by atoms with Crippen LogP contribution in [-0.2, 0) is 0 Å². The molecule has 0 amide bonds. The molecule has 5 nitrogen and oxygen atoms in total. The Morgan fingerprint density at radius 1 is 1.00 bits per heavy atom. The van der Waals surface area contributed by atoms with Gasteiger partial charge in [-0.3, -0.25) is 0 Å². The molecule has 0 saturated heterocycles. The highest BCUT2D eigenvalue weighted by molar-refractivity contribution is 5.94. The summed E-state index contributed by atoms with van der Waals surface area (Å²) in [5.74, 6) is -1.08. The van der Waals surface area contributed by atoms with Gasteiger partial charge < -0.3 is 9.63 Å². The second kappa shape index (κ2) is 6.61. The normalized spacial score (nSPS) is 11.1. The van der Waals surface area contributed by atoms with Crippen LogP contribution in [0.5, 0.6) is 0 Å². The molecule has 27 heavy (non-hydrogen) atoms. The lowest BCUT2D eigenvalue weighted by Crippen LogP contribution is -2.09. The van der Waals surface area contributed by atoms with Crippen molar-refractivity contribution < 1.29 is 18.8 Å². The maximum absolute atomic E-state index is 14.5. The van der Waals surface area contributed by atoms with Crippen LogP contribution < -0.4 is 0 Å². The Bertz CT molecular complexity index is 1080. The van der Waals surface area contributed by atoms with E-state index in [0.717, 1.165) is 16.7 Å². The van der Waals surface area contributed by atoms with Crippen molar-refractivity contribution >= 4 is 5.97 Å². The Morgan fingerprint density at radius 3 is 2.30 bits per heavy atom. The second-order valence-corrected chi connectivity index (χ2v) is 6.92. The average molecular weight is 368 g/mol. The lowest BCUT2D eigenvalue weighted by atomic mass is 9.88. The Morgan fingerprint density at radius 2 is 1.67 bits per heavy atom. The molecule has 1 aromatic heterocycles. The molecule has 3 rings (SSSR count). The van der Waals surface area contributed by atoms with Gasteiger partial charge >= 0.3 is 5.97 Å². The Balaban J connectivity index is 2.23. The first-order valence-corrected chi connectivity index (χ1v) is 8.58. The van der Waals surface area contributed by atoms with E-state index in [2.05, 4.69) is 10.1 Å². The zero-order chi connectivity index (χ0) is 20.0. The van der Waals surface area contributed by atoms with E-state index in [9.17, 15) is 14.3 Å². The predicted molar refractivity (Wildman–Crippen MR) is 101 cm³/mol. The number of nitrogens with zero attached hydrogens (tertiary/aromatic N) is 2. The minimum atomic E-state index is -1.00. The van der Waals surface area contributed by atoms with Crippen molar-refractivity contribution in [2.24, 2.45) is 0 Å². The smallest absolute Gasteiger partial charge is 0.336 e. The fourth-order valence-corrected chi connectivity index (χ4v) is 3.54.